The van der Waals surface area contributed by atoms with Crippen molar-refractivity contribution >= 4 is 23.9 Å². The Morgan fingerprint density at radius 2 is 2.30 bits per heavy atom. The number of methoxy groups -OCH3 is 1. The highest BCUT2D eigenvalue weighted by Crippen LogP contribution is 2.38. The van der Waals surface area contributed by atoms with Crippen molar-refractivity contribution in [2.75, 3.05) is 7.11 Å². The van der Waals surface area contributed by atoms with Crippen molar-refractivity contribution in [1.29, 1.82) is 0 Å². The molecule has 5 nitrogen and oxygen atoms in total. The standard InChI is InChI=1S/C14H13ClN2O3/c1-8-11(14(19)20-2)12(9-4-3-5-16-6-9)10(7-18)13(15)17-8/h3-7,12,17H,1-2H3/t12-/m0/s1. The van der Waals surface area contributed by atoms with Gasteiger partial charge < -0.3 is 10.1 Å². The Morgan fingerprint density at radius 1 is 1.55 bits per heavy atom. The van der Waals surface area contributed by atoms with Crippen LogP contribution in [0.25, 0.3) is 0 Å². The third-order valence-electron chi connectivity index (χ3n) is 3.10. The SMILES string of the molecule is COC(=O)C1=C(C)NC(Cl)=C(C=O)[C@@H]1c1cccnc1. The highest BCUT2D eigenvalue weighted by molar-refractivity contribution is 6.31. The molecule has 0 saturated heterocycles. The smallest absolute Gasteiger partial charge is 0.336 e. The first-order chi connectivity index (χ1) is 9.60. The summed E-state index contributed by atoms with van der Waals surface area (Å²) in [7, 11) is 1.30. The normalized spacial score (nSPS) is 18.6. The third-order valence-corrected chi connectivity index (χ3v) is 3.42. The number of esters is 1. The van der Waals surface area contributed by atoms with Gasteiger partial charge in [0, 0.05) is 23.7 Å². The van der Waals surface area contributed by atoms with Crippen LogP contribution in [0, 0.1) is 0 Å². The summed E-state index contributed by atoms with van der Waals surface area (Å²) in [6.45, 7) is 1.71. The van der Waals surface area contributed by atoms with E-state index in [1.54, 1.807) is 31.5 Å². The van der Waals surface area contributed by atoms with Crippen molar-refractivity contribution < 1.29 is 14.3 Å². The van der Waals surface area contributed by atoms with E-state index in [2.05, 4.69) is 10.3 Å². The molecule has 1 atom stereocenters. The van der Waals surface area contributed by atoms with Gasteiger partial charge >= 0.3 is 5.97 Å². The van der Waals surface area contributed by atoms with E-state index in [1.165, 1.54) is 7.11 Å². The average Bonchev–Trinajstić information content (AvgIpc) is 2.46. The molecule has 0 bridgehead atoms. The summed E-state index contributed by atoms with van der Waals surface area (Å²) in [6.07, 6.45) is 3.85. The fourth-order valence-electron chi connectivity index (χ4n) is 2.20. The van der Waals surface area contributed by atoms with E-state index in [0.717, 1.165) is 0 Å². The van der Waals surface area contributed by atoms with E-state index >= 15 is 0 Å². The van der Waals surface area contributed by atoms with Crippen LogP contribution in [-0.4, -0.2) is 24.3 Å². The number of rotatable bonds is 3. The zero-order chi connectivity index (χ0) is 14.7. The average molecular weight is 293 g/mol. The first kappa shape index (κ1) is 14.3. The van der Waals surface area contributed by atoms with Crippen molar-refractivity contribution in [2.24, 2.45) is 0 Å². The largest absolute Gasteiger partial charge is 0.466 e. The quantitative estimate of drug-likeness (QED) is 0.523. The maximum absolute atomic E-state index is 12.0. The minimum absolute atomic E-state index is 0.207. The van der Waals surface area contributed by atoms with Crippen LogP contribution in [0.2, 0.25) is 0 Å². The number of aromatic nitrogens is 1. The van der Waals surface area contributed by atoms with Crippen LogP contribution in [0.15, 0.2) is 46.5 Å². The van der Waals surface area contributed by atoms with Crippen LogP contribution < -0.4 is 5.32 Å². The molecule has 2 heterocycles. The number of ether oxygens (including phenoxy) is 1. The van der Waals surface area contributed by atoms with Crippen LogP contribution >= 0.6 is 11.6 Å². The van der Waals surface area contributed by atoms with Crippen LogP contribution in [0.1, 0.15) is 18.4 Å². The second-order valence-corrected chi connectivity index (χ2v) is 4.64. The van der Waals surface area contributed by atoms with Crippen molar-refractivity contribution in [1.82, 2.24) is 10.3 Å². The van der Waals surface area contributed by atoms with E-state index in [9.17, 15) is 9.59 Å². The number of carbonyl (C=O) groups is 2. The van der Waals surface area contributed by atoms with Crippen molar-refractivity contribution in [3.63, 3.8) is 0 Å². The zero-order valence-electron chi connectivity index (χ0n) is 11.0. The fraction of sp³-hybridized carbons (Fsp3) is 0.214. The molecule has 20 heavy (non-hydrogen) atoms. The lowest BCUT2D eigenvalue weighted by molar-refractivity contribution is -0.136. The molecule has 0 radical (unpaired) electrons. The molecule has 1 aliphatic rings. The number of hydrogen-bond acceptors (Lipinski definition) is 5. The van der Waals surface area contributed by atoms with Gasteiger partial charge in [-0.15, -0.1) is 0 Å². The van der Waals surface area contributed by atoms with Gasteiger partial charge in [-0.25, -0.2) is 4.79 Å². The second kappa shape index (κ2) is 5.88. The Morgan fingerprint density at radius 3 is 2.85 bits per heavy atom. The monoisotopic (exact) mass is 292 g/mol. The lowest BCUT2D eigenvalue weighted by atomic mass is 9.83. The molecular weight excluding hydrogens is 280 g/mol. The first-order valence-corrected chi connectivity index (χ1v) is 6.28. The number of carbonyl (C=O) groups excluding carboxylic acids is 2. The van der Waals surface area contributed by atoms with Gasteiger partial charge in [-0.3, -0.25) is 9.78 Å². The molecule has 0 fully saturated rings. The molecule has 0 unspecified atom stereocenters. The highest BCUT2D eigenvalue weighted by Gasteiger charge is 2.34. The molecule has 0 saturated carbocycles. The van der Waals surface area contributed by atoms with Gasteiger partial charge in [-0.1, -0.05) is 17.7 Å². The maximum atomic E-state index is 12.0. The zero-order valence-corrected chi connectivity index (χ0v) is 11.8. The molecule has 0 amide bonds. The molecule has 1 N–H and O–H groups in total. The molecule has 1 aliphatic heterocycles. The Balaban J connectivity index is 2.62. The highest BCUT2D eigenvalue weighted by atomic mass is 35.5. The number of halogens is 1. The Hall–Kier alpha value is -2.14. The second-order valence-electron chi connectivity index (χ2n) is 4.26. The molecule has 6 heteroatoms. The minimum atomic E-state index is -0.581. The van der Waals surface area contributed by atoms with Crippen molar-refractivity contribution in [2.45, 2.75) is 12.8 Å². The molecule has 1 aromatic rings. The van der Waals surface area contributed by atoms with Crippen LogP contribution in [0.3, 0.4) is 0 Å². The molecule has 2 rings (SSSR count). The van der Waals surface area contributed by atoms with Gasteiger partial charge in [-0.2, -0.15) is 0 Å². The predicted molar refractivity (Wildman–Crippen MR) is 73.8 cm³/mol. The Kier molecular flexibility index (Phi) is 4.20. The summed E-state index contributed by atoms with van der Waals surface area (Å²) in [6, 6.07) is 3.52. The van der Waals surface area contributed by atoms with Gasteiger partial charge in [0.1, 0.15) is 11.4 Å². The first-order valence-electron chi connectivity index (χ1n) is 5.91. The number of hydrogen-bond donors (Lipinski definition) is 1. The summed E-state index contributed by atoms with van der Waals surface area (Å²) in [5.41, 5.74) is 1.90. The van der Waals surface area contributed by atoms with E-state index in [-0.39, 0.29) is 10.7 Å². The molecule has 0 aliphatic carbocycles. The number of nitrogens with one attached hydrogen (secondary N) is 1. The van der Waals surface area contributed by atoms with E-state index in [0.29, 0.717) is 23.1 Å². The number of pyridine rings is 1. The molecule has 0 aromatic carbocycles. The van der Waals surface area contributed by atoms with Gasteiger partial charge in [0.2, 0.25) is 0 Å². The van der Waals surface area contributed by atoms with Crippen LogP contribution in [0.4, 0.5) is 0 Å². The molecule has 1 aromatic heterocycles. The summed E-state index contributed by atoms with van der Waals surface area (Å²) in [5, 5.41) is 3.02. The number of dihydropyridines is 1. The van der Waals surface area contributed by atoms with Gasteiger partial charge in [0.25, 0.3) is 0 Å². The Bertz CT molecular complexity index is 608. The number of allylic oxidation sites excluding steroid dienone is 2. The summed E-state index contributed by atoms with van der Waals surface area (Å²) in [4.78, 5) is 27.4. The summed E-state index contributed by atoms with van der Waals surface area (Å²) >= 11 is 6.07. The van der Waals surface area contributed by atoms with Gasteiger partial charge in [0.05, 0.1) is 18.6 Å². The van der Waals surface area contributed by atoms with Crippen molar-refractivity contribution in [3.05, 3.63) is 52.1 Å². The minimum Gasteiger partial charge on any atom is -0.466 e. The van der Waals surface area contributed by atoms with Gasteiger partial charge in [-0.05, 0) is 18.6 Å². The van der Waals surface area contributed by atoms with E-state index in [1.807, 2.05) is 0 Å². The molecule has 104 valence electrons. The Labute approximate surface area is 121 Å². The third kappa shape index (κ3) is 2.44. The number of aldehydes is 1. The topological polar surface area (TPSA) is 68.3 Å². The lowest BCUT2D eigenvalue weighted by Gasteiger charge is -2.27. The van der Waals surface area contributed by atoms with Crippen LogP contribution in [-0.2, 0) is 14.3 Å². The van der Waals surface area contributed by atoms with E-state index in [4.69, 9.17) is 16.3 Å². The van der Waals surface area contributed by atoms with Crippen LogP contribution in [0.5, 0.6) is 0 Å². The lowest BCUT2D eigenvalue weighted by Crippen LogP contribution is -2.28. The number of nitrogens with zero attached hydrogens (tertiary/aromatic N) is 1. The fourth-order valence-corrected chi connectivity index (χ4v) is 2.49. The molecular formula is C14H13ClN2O3. The molecule has 0 spiro atoms. The van der Waals surface area contributed by atoms with Crippen molar-refractivity contribution in [3.8, 4) is 0 Å². The maximum Gasteiger partial charge on any atom is 0.336 e. The summed E-state index contributed by atoms with van der Waals surface area (Å²) < 4.78 is 4.80. The van der Waals surface area contributed by atoms with Gasteiger partial charge in [0.15, 0.2) is 0 Å². The predicted octanol–water partition coefficient (Wildman–Crippen LogP) is 1.86. The summed E-state index contributed by atoms with van der Waals surface area (Å²) in [5.74, 6) is -1.09. The van der Waals surface area contributed by atoms with E-state index < -0.39 is 11.9 Å².